The zero-order chi connectivity index (χ0) is 18.4. The van der Waals surface area contributed by atoms with Crippen LogP contribution in [-0.4, -0.2) is 10.9 Å². The van der Waals surface area contributed by atoms with E-state index < -0.39 is 28.9 Å². The van der Waals surface area contributed by atoms with Crippen LogP contribution in [0.15, 0.2) is 54.4 Å². The van der Waals surface area contributed by atoms with Crippen LogP contribution in [0, 0.1) is 11.3 Å². The van der Waals surface area contributed by atoms with Gasteiger partial charge in [-0.25, -0.2) is 4.98 Å². The van der Waals surface area contributed by atoms with Crippen LogP contribution in [0.2, 0.25) is 5.02 Å². The van der Waals surface area contributed by atoms with E-state index in [1.807, 2.05) is 0 Å². The van der Waals surface area contributed by atoms with Crippen molar-refractivity contribution in [2.75, 3.05) is 10.6 Å². The number of nitriles is 1. The van der Waals surface area contributed by atoms with Crippen LogP contribution in [0.4, 0.5) is 24.7 Å². The van der Waals surface area contributed by atoms with E-state index in [0.717, 1.165) is 18.3 Å². The maximum Gasteiger partial charge on any atom is 0.418 e. The summed E-state index contributed by atoms with van der Waals surface area (Å²) in [6.07, 6.45) is -2.20. The van der Waals surface area contributed by atoms with Gasteiger partial charge in [-0.05, 0) is 24.3 Å². The number of hydrogen-bond acceptors (Lipinski definition) is 4. The van der Waals surface area contributed by atoms with Gasteiger partial charge in [-0.15, -0.1) is 0 Å². The number of rotatable bonds is 4. The topological polar surface area (TPSA) is 77.8 Å². The predicted octanol–water partition coefficient (Wildman–Crippen LogP) is 4.21. The number of anilines is 2. The van der Waals surface area contributed by atoms with Crippen LogP contribution < -0.4 is 10.6 Å². The minimum atomic E-state index is -4.64. The Kier molecular flexibility index (Phi) is 5.62. The number of hydrogen-bond donors (Lipinski definition) is 2. The molecule has 2 aromatic rings. The third-order valence-corrected chi connectivity index (χ3v) is 3.17. The summed E-state index contributed by atoms with van der Waals surface area (Å²) in [5.41, 5.74) is -1.88. The Balaban J connectivity index is 2.19. The molecule has 0 saturated heterocycles. The molecule has 1 aromatic carbocycles. The van der Waals surface area contributed by atoms with Crippen molar-refractivity contribution >= 4 is 29.0 Å². The zero-order valence-corrected chi connectivity index (χ0v) is 13.2. The molecule has 128 valence electrons. The average Bonchev–Trinajstić information content (AvgIpc) is 2.55. The van der Waals surface area contributed by atoms with Gasteiger partial charge in [0.15, 0.2) is 0 Å². The van der Waals surface area contributed by atoms with E-state index >= 15 is 0 Å². The summed E-state index contributed by atoms with van der Waals surface area (Å²) < 4.78 is 38.8. The number of nitrogens with zero attached hydrogens (tertiary/aromatic N) is 2. The van der Waals surface area contributed by atoms with Gasteiger partial charge in [0.25, 0.3) is 5.91 Å². The molecule has 5 nitrogen and oxygen atoms in total. The Morgan fingerprint density at radius 2 is 2.00 bits per heavy atom. The Morgan fingerprint density at radius 3 is 2.64 bits per heavy atom. The molecule has 0 saturated carbocycles. The Labute approximate surface area is 145 Å². The van der Waals surface area contributed by atoms with Crippen LogP contribution in [0.3, 0.4) is 0 Å². The normalized spacial score (nSPS) is 11.6. The lowest BCUT2D eigenvalue weighted by Gasteiger charge is -2.13. The standard InChI is InChI=1S/C16H10ClF3N4O/c17-11-5-6-22-14(7-11)23-9-10(8-21)15(25)24-13-4-2-1-3-12(13)16(18,19)20/h1-7,9H,(H,22,23)(H,24,25)/b10-9-. The summed E-state index contributed by atoms with van der Waals surface area (Å²) in [5.74, 6) is -0.725. The number of para-hydroxylation sites is 1. The maximum absolute atomic E-state index is 12.9. The van der Waals surface area contributed by atoms with Crippen molar-refractivity contribution < 1.29 is 18.0 Å². The molecule has 2 N–H and O–H groups in total. The maximum atomic E-state index is 12.9. The molecule has 25 heavy (non-hydrogen) atoms. The number of carbonyl (C=O) groups is 1. The lowest BCUT2D eigenvalue weighted by molar-refractivity contribution is -0.137. The van der Waals surface area contributed by atoms with E-state index in [2.05, 4.69) is 15.6 Å². The van der Waals surface area contributed by atoms with Crippen molar-refractivity contribution in [3.8, 4) is 6.07 Å². The van der Waals surface area contributed by atoms with Crippen LogP contribution in [0.25, 0.3) is 0 Å². The molecule has 0 radical (unpaired) electrons. The fraction of sp³-hybridized carbons (Fsp3) is 0.0625. The van der Waals surface area contributed by atoms with Crippen molar-refractivity contribution in [3.05, 3.63) is 65.0 Å². The van der Waals surface area contributed by atoms with Gasteiger partial charge >= 0.3 is 6.18 Å². The number of alkyl halides is 3. The highest BCUT2D eigenvalue weighted by Gasteiger charge is 2.33. The fourth-order valence-electron chi connectivity index (χ4n) is 1.81. The third kappa shape index (κ3) is 4.96. The molecule has 0 atom stereocenters. The van der Waals surface area contributed by atoms with E-state index in [-0.39, 0.29) is 5.82 Å². The fourth-order valence-corrected chi connectivity index (χ4v) is 1.97. The highest BCUT2D eigenvalue weighted by molar-refractivity contribution is 6.30. The quantitative estimate of drug-likeness (QED) is 0.627. The SMILES string of the molecule is N#C/C(=C/Nc1cc(Cl)ccn1)C(=O)Nc1ccccc1C(F)(F)F. The van der Waals surface area contributed by atoms with E-state index in [9.17, 15) is 18.0 Å². The van der Waals surface area contributed by atoms with Gasteiger partial charge in [-0.1, -0.05) is 23.7 Å². The monoisotopic (exact) mass is 366 g/mol. The lowest BCUT2D eigenvalue weighted by Crippen LogP contribution is -2.18. The Hall–Kier alpha value is -3.05. The predicted molar refractivity (Wildman–Crippen MR) is 86.6 cm³/mol. The Bertz CT molecular complexity index is 859. The van der Waals surface area contributed by atoms with Gasteiger partial charge in [0.05, 0.1) is 11.3 Å². The zero-order valence-electron chi connectivity index (χ0n) is 12.4. The highest BCUT2D eigenvalue weighted by Crippen LogP contribution is 2.34. The second kappa shape index (κ2) is 7.68. The highest BCUT2D eigenvalue weighted by atomic mass is 35.5. The largest absolute Gasteiger partial charge is 0.418 e. The molecule has 0 aliphatic carbocycles. The summed E-state index contributed by atoms with van der Waals surface area (Å²) in [7, 11) is 0. The molecule has 0 spiro atoms. The summed E-state index contributed by atoms with van der Waals surface area (Å²) in [6, 6.07) is 9.06. The van der Waals surface area contributed by atoms with Gasteiger partial charge in [0, 0.05) is 17.4 Å². The van der Waals surface area contributed by atoms with Gasteiger partial charge in [-0.3, -0.25) is 4.79 Å². The number of benzene rings is 1. The van der Waals surface area contributed by atoms with Gasteiger partial charge in [0.2, 0.25) is 0 Å². The van der Waals surface area contributed by atoms with Crippen molar-refractivity contribution in [2.24, 2.45) is 0 Å². The van der Waals surface area contributed by atoms with E-state index in [4.69, 9.17) is 16.9 Å². The second-order valence-electron chi connectivity index (χ2n) is 4.67. The van der Waals surface area contributed by atoms with Crippen LogP contribution in [-0.2, 0) is 11.0 Å². The molecule has 0 bridgehead atoms. The average molecular weight is 367 g/mol. The van der Waals surface area contributed by atoms with Crippen molar-refractivity contribution in [1.82, 2.24) is 4.98 Å². The number of aromatic nitrogens is 1. The number of carbonyl (C=O) groups excluding carboxylic acids is 1. The lowest BCUT2D eigenvalue weighted by atomic mass is 10.1. The van der Waals surface area contributed by atoms with Crippen molar-refractivity contribution in [2.45, 2.75) is 6.18 Å². The van der Waals surface area contributed by atoms with Crippen LogP contribution >= 0.6 is 11.6 Å². The minimum absolute atomic E-state index is 0.267. The summed E-state index contributed by atoms with van der Waals surface area (Å²) >= 11 is 5.77. The minimum Gasteiger partial charge on any atom is -0.345 e. The molecule has 9 heteroatoms. The van der Waals surface area contributed by atoms with Crippen molar-refractivity contribution in [1.29, 1.82) is 5.26 Å². The van der Waals surface area contributed by atoms with E-state index in [1.54, 1.807) is 6.07 Å². The molecule has 1 heterocycles. The number of pyridine rings is 1. The van der Waals surface area contributed by atoms with Gasteiger partial charge in [-0.2, -0.15) is 18.4 Å². The molecular formula is C16H10ClF3N4O. The van der Waals surface area contributed by atoms with Gasteiger partial charge < -0.3 is 10.6 Å². The molecule has 0 aliphatic heterocycles. The number of nitrogens with one attached hydrogen (secondary N) is 2. The first-order valence-corrected chi connectivity index (χ1v) is 7.15. The van der Waals surface area contributed by atoms with E-state index in [0.29, 0.717) is 5.02 Å². The molecule has 0 unspecified atom stereocenters. The molecule has 1 amide bonds. The summed E-state index contributed by atoms with van der Waals surface area (Å²) in [5, 5.41) is 14.1. The first-order chi connectivity index (χ1) is 11.8. The van der Waals surface area contributed by atoms with E-state index in [1.165, 1.54) is 30.5 Å². The summed E-state index contributed by atoms with van der Waals surface area (Å²) in [4.78, 5) is 16.0. The van der Waals surface area contributed by atoms with Crippen molar-refractivity contribution in [3.63, 3.8) is 0 Å². The molecular weight excluding hydrogens is 357 g/mol. The molecule has 0 aliphatic rings. The van der Waals surface area contributed by atoms with Crippen LogP contribution in [0.1, 0.15) is 5.56 Å². The van der Waals surface area contributed by atoms with Crippen LogP contribution in [0.5, 0.6) is 0 Å². The Morgan fingerprint density at radius 1 is 1.28 bits per heavy atom. The first kappa shape index (κ1) is 18.3. The second-order valence-corrected chi connectivity index (χ2v) is 5.11. The molecule has 0 fully saturated rings. The molecule has 2 rings (SSSR count). The third-order valence-electron chi connectivity index (χ3n) is 2.93. The van der Waals surface area contributed by atoms with Gasteiger partial charge in [0.1, 0.15) is 17.5 Å². The summed E-state index contributed by atoms with van der Waals surface area (Å²) in [6.45, 7) is 0. The molecule has 1 aromatic heterocycles. The number of amides is 1. The smallest absolute Gasteiger partial charge is 0.345 e. The first-order valence-electron chi connectivity index (χ1n) is 6.77. The number of halogens is 4.